The third kappa shape index (κ3) is 3.82. The maximum atomic E-state index is 5.51. The zero-order valence-corrected chi connectivity index (χ0v) is 16.4. The van der Waals surface area contributed by atoms with E-state index < -0.39 is 0 Å². The maximum Gasteiger partial charge on any atom is 0.161 e. The number of ether oxygens (including phenoxy) is 2. The molecule has 1 atom stereocenters. The molecule has 1 aliphatic rings. The summed E-state index contributed by atoms with van der Waals surface area (Å²) in [6, 6.07) is 25.6. The van der Waals surface area contributed by atoms with E-state index in [9.17, 15) is 0 Å². The zero-order chi connectivity index (χ0) is 18.6. The Morgan fingerprint density at radius 2 is 1.52 bits per heavy atom. The van der Waals surface area contributed by atoms with Gasteiger partial charge in [-0.3, -0.25) is 4.90 Å². The Hall–Kier alpha value is -2.43. The Balaban J connectivity index is 1.72. The molecule has 0 N–H and O–H groups in total. The number of nitrogens with zero attached hydrogens (tertiary/aromatic N) is 1. The Bertz CT molecular complexity index is 899. The van der Waals surface area contributed by atoms with Crippen molar-refractivity contribution in [1.82, 2.24) is 4.90 Å². The molecule has 0 bridgehead atoms. The second-order valence-electron chi connectivity index (χ2n) is 6.59. The van der Waals surface area contributed by atoms with Crippen LogP contribution in [0.2, 0.25) is 0 Å². The molecule has 1 aliphatic heterocycles. The van der Waals surface area contributed by atoms with Crippen LogP contribution in [0.25, 0.3) is 0 Å². The number of fused-ring (bicyclic) bond motifs is 1. The highest BCUT2D eigenvalue weighted by molar-refractivity contribution is 7.99. The van der Waals surface area contributed by atoms with E-state index in [0.29, 0.717) is 0 Å². The highest BCUT2D eigenvalue weighted by Gasteiger charge is 2.29. The van der Waals surface area contributed by atoms with E-state index in [2.05, 4.69) is 77.7 Å². The van der Waals surface area contributed by atoms with Crippen molar-refractivity contribution in [3.63, 3.8) is 0 Å². The van der Waals surface area contributed by atoms with Crippen molar-refractivity contribution in [2.75, 3.05) is 14.2 Å². The lowest BCUT2D eigenvalue weighted by Crippen LogP contribution is -2.29. The Morgan fingerprint density at radius 3 is 2.19 bits per heavy atom. The quantitative estimate of drug-likeness (QED) is 0.584. The lowest BCUT2D eigenvalue weighted by Gasteiger charge is -2.37. The van der Waals surface area contributed by atoms with E-state index in [-0.39, 0.29) is 5.37 Å². The molecule has 0 spiro atoms. The van der Waals surface area contributed by atoms with Crippen LogP contribution in [0, 0.1) is 0 Å². The topological polar surface area (TPSA) is 21.7 Å². The normalized spacial score (nSPS) is 16.6. The van der Waals surface area contributed by atoms with Gasteiger partial charge in [0.05, 0.1) is 19.6 Å². The van der Waals surface area contributed by atoms with Crippen molar-refractivity contribution in [3.8, 4) is 11.5 Å². The highest BCUT2D eigenvalue weighted by Crippen LogP contribution is 2.48. The smallest absolute Gasteiger partial charge is 0.161 e. The second kappa shape index (κ2) is 8.07. The van der Waals surface area contributed by atoms with E-state index in [1.165, 1.54) is 21.6 Å². The molecule has 4 heteroatoms. The van der Waals surface area contributed by atoms with Gasteiger partial charge in [-0.1, -0.05) is 60.7 Å². The van der Waals surface area contributed by atoms with E-state index in [1.54, 1.807) is 14.2 Å². The van der Waals surface area contributed by atoms with Crippen LogP contribution in [-0.4, -0.2) is 19.1 Å². The van der Waals surface area contributed by atoms with Gasteiger partial charge in [0.15, 0.2) is 11.5 Å². The first-order valence-electron chi connectivity index (χ1n) is 9.03. The van der Waals surface area contributed by atoms with Gasteiger partial charge in [0, 0.05) is 18.0 Å². The van der Waals surface area contributed by atoms with Gasteiger partial charge >= 0.3 is 0 Å². The Morgan fingerprint density at radius 1 is 0.889 bits per heavy atom. The molecular weight excluding hydrogens is 354 g/mol. The summed E-state index contributed by atoms with van der Waals surface area (Å²) < 4.78 is 11.0. The summed E-state index contributed by atoms with van der Waals surface area (Å²) in [5, 5.41) is 0.261. The fourth-order valence-electron chi connectivity index (χ4n) is 3.49. The van der Waals surface area contributed by atoms with Crippen LogP contribution >= 0.6 is 11.8 Å². The number of hydrogen-bond donors (Lipinski definition) is 0. The molecule has 27 heavy (non-hydrogen) atoms. The van der Waals surface area contributed by atoms with Crippen molar-refractivity contribution in [2.24, 2.45) is 0 Å². The molecule has 0 saturated heterocycles. The number of rotatable bonds is 5. The first-order chi connectivity index (χ1) is 13.3. The molecule has 1 unspecified atom stereocenters. The molecule has 0 saturated carbocycles. The average Bonchev–Trinajstić information content (AvgIpc) is 2.73. The minimum Gasteiger partial charge on any atom is -0.493 e. The van der Waals surface area contributed by atoms with Crippen LogP contribution in [0.5, 0.6) is 11.5 Å². The number of thioether (sulfide) groups is 1. The molecule has 0 aromatic heterocycles. The van der Waals surface area contributed by atoms with Crippen LogP contribution in [0.4, 0.5) is 0 Å². The molecular formula is C23H23NO2S. The summed E-state index contributed by atoms with van der Waals surface area (Å²) in [7, 11) is 3.38. The van der Waals surface area contributed by atoms with Gasteiger partial charge < -0.3 is 9.47 Å². The lowest BCUT2D eigenvalue weighted by molar-refractivity contribution is 0.232. The fourth-order valence-corrected chi connectivity index (χ4v) is 4.77. The minimum atomic E-state index is 0.261. The number of benzene rings is 3. The van der Waals surface area contributed by atoms with Crippen molar-refractivity contribution in [1.29, 1.82) is 0 Å². The SMILES string of the molecule is COc1cc2c(cc1OC)SC(c1ccccc1)N(Cc1ccccc1)C2. The zero-order valence-electron chi connectivity index (χ0n) is 15.6. The van der Waals surface area contributed by atoms with Gasteiger partial charge in [0.1, 0.15) is 0 Å². The van der Waals surface area contributed by atoms with Crippen molar-refractivity contribution in [2.45, 2.75) is 23.4 Å². The van der Waals surface area contributed by atoms with Crippen LogP contribution in [0.1, 0.15) is 22.1 Å². The summed E-state index contributed by atoms with van der Waals surface area (Å²) in [6.45, 7) is 1.78. The summed E-state index contributed by atoms with van der Waals surface area (Å²) in [5.41, 5.74) is 3.92. The maximum absolute atomic E-state index is 5.51. The molecule has 0 aliphatic carbocycles. The first kappa shape index (κ1) is 18.0. The lowest BCUT2D eigenvalue weighted by atomic mass is 10.1. The third-order valence-electron chi connectivity index (χ3n) is 4.82. The van der Waals surface area contributed by atoms with E-state index in [0.717, 1.165) is 24.6 Å². The number of hydrogen-bond acceptors (Lipinski definition) is 4. The van der Waals surface area contributed by atoms with Crippen LogP contribution in [0.15, 0.2) is 77.7 Å². The summed E-state index contributed by atoms with van der Waals surface area (Å²) >= 11 is 1.88. The summed E-state index contributed by atoms with van der Waals surface area (Å²) in [4.78, 5) is 3.77. The monoisotopic (exact) mass is 377 g/mol. The van der Waals surface area contributed by atoms with Crippen LogP contribution in [0.3, 0.4) is 0 Å². The minimum absolute atomic E-state index is 0.261. The molecule has 4 rings (SSSR count). The molecule has 138 valence electrons. The molecule has 1 heterocycles. The van der Waals surface area contributed by atoms with E-state index in [4.69, 9.17) is 9.47 Å². The van der Waals surface area contributed by atoms with Crippen LogP contribution in [-0.2, 0) is 13.1 Å². The van der Waals surface area contributed by atoms with Gasteiger partial charge in [-0.05, 0) is 28.8 Å². The van der Waals surface area contributed by atoms with Crippen LogP contribution < -0.4 is 9.47 Å². The number of methoxy groups -OCH3 is 2. The van der Waals surface area contributed by atoms with Gasteiger partial charge in [-0.15, -0.1) is 11.8 Å². The molecule has 0 radical (unpaired) electrons. The van der Waals surface area contributed by atoms with Crippen molar-refractivity contribution in [3.05, 3.63) is 89.5 Å². The van der Waals surface area contributed by atoms with Gasteiger partial charge in [-0.2, -0.15) is 0 Å². The van der Waals surface area contributed by atoms with E-state index in [1.807, 2.05) is 11.8 Å². The van der Waals surface area contributed by atoms with Gasteiger partial charge in [-0.25, -0.2) is 0 Å². The summed E-state index contributed by atoms with van der Waals surface area (Å²) in [5.74, 6) is 1.57. The second-order valence-corrected chi connectivity index (χ2v) is 7.71. The predicted octanol–water partition coefficient (Wildman–Crippen LogP) is 5.51. The van der Waals surface area contributed by atoms with Gasteiger partial charge in [0.25, 0.3) is 0 Å². The molecule has 3 aromatic rings. The van der Waals surface area contributed by atoms with Gasteiger partial charge in [0.2, 0.25) is 0 Å². The van der Waals surface area contributed by atoms with Crippen molar-refractivity contribution < 1.29 is 9.47 Å². The molecule has 3 nitrogen and oxygen atoms in total. The average molecular weight is 378 g/mol. The molecule has 3 aromatic carbocycles. The Kier molecular flexibility index (Phi) is 5.37. The van der Waals surface area contributed by atoms with Crippen molar-refractivity contribution >= 4 is 11.8 Å². The predicted molar refractivity (Wildman–Crippen MR) is 110 cm³/mol. The largest absolute Gasteiger partial charge is 0.493 e. The third-order valence-corrected chi connectivity index (χ3v) is 6.25. The van der Waals surface area contributed by atoms with E-state index >= 15 is 0 Å². The highest BCUT2D eigenvalue weighted by atomic mass is 32.2. The standard InChI is InChI=1S/C23H23NO2S/c1-25-20-13-19-16-24(15-17-9-5-3-6-10-17)23(18-11-7-4-8-12-18)27-22(19)14-21(20)26-2/h3-14,23H,15-16H2,1-2H3. The summed E-state index contributed by atoms with van der Waals surface area (Å²) in [6.07, 6.45) is 0. The first-order valence-corrected chi connectivity index (χ1v) is 9.91. The Labute approximate surface area is 164 Å². The fraction of sp³-hybridized carbons (Fsp3) is 0.217. The molecule has 0 amide bonds. The molecule has 0 fully saturated rings.